The Hall–Kier alpha value is -4.53. The molecule has 3 aromatic rings. The summed E-state index contributed by atoms with van der Waals surface area (Å²) in [5.74, 6) is 1.64. The van der Waals surface area contributed by atoms with E-state index < -0.39 is 11.9 Å². The van der Waals surface area contributed by atoms with E-state index in [2.05, 4.69) is 17.5 Å². The van der Waals surface area contributed by atoms with Crippen molar-refractivity contribution in [3.8, 4) is 28.7 Å². The van der Waals surface area contributed by atoms with E-state index in [1.165, 1.54) is 6.21 Å². The van der Waals surface area contributed by atoms with E-state index >= 15 is 0 Å². The maximum Gasteiger partial charge on any atom is 0.343 e. The summed E-state index contributed by atoms with van der Waals surface area (Å²) >= 11 is 0. The summed E-state index contributed by atoms with van der Waals surface area (Å²) in [6.07, 6.45) is 3.52. The van der Waals surface area contributed by atoms with Crippen LogP contribution in [-0.2, 0) is 4.79 Å². The average molecular weight is 521 g/mol. The van der Waals surface area contributed by atoms with E-state index in [1.54, 1.807) is 73.8 Å². The summed E-state index contributed by atoms with van der Waals surface area (Å²) < 4.78 is 27.3. The third-order valence-corrected chi connectivity index (χ3v) is 5.16. The molecular formula is C29H32N2O7. The predicted octanol–water partition coefficient (Wildman–Crippen LogP) is 5.02. The van der Waals surface area contributed by atoms with Gasteiger partial charge in [-0.2, -0.15) is 5.10 Å². The molecular weight excluding hydrogens is 488 g/mol. The number of hydrazone groups is 1. The smallest absolute Gasteiger partial charge is 0.343 e. The molecule has 9 heteroatoms. The lowest BCUT2D eigenvalue weighted by Gasteiger charge is -2.11. The highest BCUT2D eigenvalue weighted by molar-refractivity contribution is 5.92. The number of nitrogens with one attached hydrogen (secondary N) is 1. The van der Waals surface area contributed by atoms with Gasteiger partial charge in [-0.25, -0.2) is 10.2 Å². The number of nitrogens with zero attached hydrogens (tertiary/aromatic N) is 1. The summed E-state index contributed by atoms with van der Waals surface area (Å²) in [5, 5.41) is 3.97. The first-order valence-electron chi connectivity index (χ1n) is 12.3. The van der Waals surface area contributed by atoms with Crippen LogP contribution in [0.5, 0.6) is 28.7 Å². The van der Waals surface area contributed by atoms with Crippen LogP contribution in [0, 0.1) is 0 Å². The van der Waals surface area contributed by atoms with Gasteiger partial charge in [-0.3, -0.25) is 4.79 Å². The van der Waals surface area contributed by atoms with Crippen LogP contribution in [0.25, 0.3) is 0 Å². The molecule has 3 rings (SSSR count). The molecule has 0 aliphatic carbocycles. The number of carbonyl (C=O) groups is 2. The van der Waals surface area contributed by atoms with Crippen LogP contribution in [0.2, 0.25) is 0 Å². The van der Waals surface area contributed by atoms with Gasteiger partial charge in [-0.1, -0.05) is 13.3 Å². The lowest BCUT2D eigenvalue weighted by atomic mass is 10.2. The minimum Gasteiger partial charge on any atom is -0.497 e. The molecule has 0 unspecified atom stereocenters. The van der Waals surface area contributed by atoms with Crippen molar-refractivity contribution in [3.63, 3.8) is 0 Å². The molecule has 0 atom stereocenters. The highest BCUT2D eigenvalue weighted by atomic mass is 16.6. The Morgan fingerprint density at radius 1 is 0.842 bits per heavy atom. The number of rotatable bonds is 14. The number of unbranched alkanes of at least 4 members (excludes halogenated alkanes) is 1. The van der Waals surface area contributed by atoms with Crippen molar-refractivity contribution in [2.24, 2.45) is 5.10 Å². The highest BCUT2D eigenvalue weighted by Crippen LogP contribution is 2.29. The Balaban J connectivity index is 1.51. The van der Waals surface area contributed by atoms with Crippen molar-refractivity contribution in [3.05, 3.63) is 77.9 Å². The third-order valence-electron chi connectivity index (χ3n) is 5.16. The molecule has 1 amide bonds. The van der Waals surface area contributed by atoms with E-state index in [9.17, 15) is 9.59 Å². The molecule has 0 aromatic heterocycles. The van der Waals surface area contributed by atoms with Gasteiger partial charge in [0.25, 0.3) is 5.91 Å². The Morgan fingerprint density at radius 3 is 2.18 bits per heavy atom. The van der Waals surface area contributed by atoms with Gasteiger partial charge < -0.3 is 23.7 Å². The van der Waals surface area contributed by atoms with E-state index in [1.807, 2.05) is 6.92 Å². The molecule has 9 nitrogen and oxygen atoms in total. The van der Waals surface area contributed by atoms with Gasteiger partial charge in [0, 0.05) is 0 Å². The van der Waals surface area contributed by atoms with E-state index in [0.717, 1.165) is 18.6 Å². The lowest BCUT2D eigenvalue weighted by molar-refractivity contribution is -0.123. The van der Waals surface area contributed by atoms with Gasteiger partial charge in [0.05, 0.1) is 32.1 Å². The van der Waals surface area contributed by atoms with Gasteiger partial charge >= 0.3 is 5.97 Å². The Morgan fingerprint density at radius 2 is 1.53 bits per heavy atom. The number of hydrogen-bond acceptors (Lipinski definition) is 8. The zero-order valence-electron chi connectivity index (χ0n) is 21.8. The van der Waals surface area contributed by atoms with Crippen molar-refractivity contribution in [1.29, 1.82) is 0 Å². The number of ether oxygens (including phenoxy) is 5. The minimum atomic E-state index is -0.527. The molecule has 0 radical (unpaired) electrons. The summed E-state index contributed by atoms with van der Waals surface area (Å²) in [6.45, 7) is 4.77. The number of amides is 1. The molecule has 200 valence electrons. The number of methoxy groups -OCH3 is 1. The second-order valence-electron chi connectivity index (χ2n) is 8.01. The van der Waals surface area contributed by atoms with E-state index in [0.29, 0.717) is 41.6 Å². The maximum atomic E-state index is 12.5. The Kier molecular flexibility index (Phi) is 11.0. The van der Waals surface area contributed by atoms with Crippen molar-refractivity contribution in [1.82, 2.24) is 5.43 Å². The van der Waals surface area contributed by atoms with Crippen LogP contribution in [0.15, 0.2) is 71.8 Å². The first kappa shape index (κ1) is 28.0. The molecule has 0 heterocycles. The van der Waals surface area contributed by atoms with Gasteiger partial charge in [0.15, 0.2) is 18.1 Å². The van der Waals surface area contributed by atoms with Crippen molar-refractivity contribution >= 4 is 18.1 Å². The maximum absolute atomic E-state index is 12.5. The molecule has 0 spiro atoms. The van der Waals surface area contributed by atoms with Crippen LogP contribution >= 0.6 is 0 Å². The van der Waals surface area contributed by atoms with Gasteiger partial charge in [0.1, 0.15) is 17.2 Å². The summed E-state index contributed by atoms with van der Waals surface area (Å²) in [5.41, 5.74) is 3.43. The highest BCUT2D eigenvalue weighted by Gasteiger charge is 2.13. The second kappa shape index (κ2) is 14.9. The van der Waals surface area contributed by atoms with E-state index in [-0.39, 0.29) is 12.4 Å². The Labute approximate surface area is 222 Å². The van der Waals surface area contributed by atoms with Crippen molar-refractivity contribution in [2.75, 3.05) is 26.9 Å². The first-order chi connectivity index (χ1) is 18.5. The van der Waals surface area contributed by atoms with Crippen LogP contribution < -0.4 is 29.1 Å². The zero-order chi connectivity index (χ0) is 27.2. The molecule has 0 saturated heterocycles. The SMILES string of the molecule is CCCCOc1ccc(OCC(=O)NN=Cc2ccc(OC(=O)c3ccc(OC)cc3)c(OCC)c2)cc1. The molecule has 1 N–H and O–H groups in total. The minimum absolute atomic E-state index is 0.197. The average Bonchev–Trinajstić information content (AvgIpc) is 2.94. The summed E-state index contributed by atoms with van der Waals surface area (Å²) in [4.78, 5) is 24.6. The number of hydrogen-bond donors (Lipinski definition) is 1. The molecule has 0 fully saturated rings. The van der Waals surface area contributed by atoms with Crippen LogP contribution in [-0.4, -0.2) is 45.0 Å². The summed E-state index contributed by atoms with van der Waals surface area (Å²) in [6, 6.07) is 18.6. The topological polar surface area (TPSA) is 105 Å². The first-order valence-corrected chi connectivity index (χ1v) is 12.3. The van der Waals surface area contributed by atoms with Gasteiger partial charge in [-0.15, -0.1) is 0 Å². The van der Waals surface area contributed by atoms with Crippen molar-refractivity contribution < 1.29 is 33.3 Å². The molecule has 0 saturated carbocycles. The normalized spacial score (nSPS) is 10.6. The molecule has 0 bridgehead atoms. The summed E-state index contributed by atoms with van der Waals surface area (Å²) in [7, 11) is 1.55. The van der Waals surface area contributed by atoms with Gasteiger partial charge in [0.2, 0.25) is 0 Å². The zero-order valence-corrected chi connectivity index (χ0v) is 21.8. The van der Waals surface area contributed by atoms with Crippen molar-refractivity contribution in [2.45, 2.75) is 26.7 Å². The second-order valence-corrected chi connectivity index (χ2v) is 8.01. The van der Waals surface area contributed by atoms with Crippen LogP contribution in [0.4, 0.5) is 0 Å². The monoisotopic (exact) mass is 520 g/mol. The Bertz CT molecular complexity index is 1210. The largest absolute Gasteiger partial charge is 0.497 e. The molecule has 38 heavy (non-hydrogen) atoms. The fraction of sp³-hybridized carbons (Fsp3) is 0.276. The third kappa shape index (κ3) is 8.85. The quantitative estimate of drug-likeness (QED) is 0.105. The fourth-order valence-corrected chi connectivity index (χ4v) is 3.17. The number of benzene rings is 3. The molecule has 3 aromatic carbocycles. The molecule has 0 aliphatic rings. The van der Waals surface area contributed by atoms with E-state index in [4.69, 9.17) is 23.7 Å². The van der Waals surface area contributed by atoms with Crippen LogP contribution in [0.1, 0.15) is 42.6 Å². The number of esters is 1. The molecule has 0 aliphatic heterocycles. The predicted molar refractivity (Wildman–Crippen MR) is 144 cm³/mol. The number of carbonyl (C=O) groups excluding carboxylic acids is 2. The van der Waals surface area contributed by atoms with Crippen LogP contribution in [0.3, 0.4) is 0 Å². The van der Waals surface area contributed by atoms with Gasteiger partial charge in [-0.05, 0) is 85.6 Å². The lowest BCUT2D eigenvalue weighted by Crippen LogP contribution is -2.24. The standard InChI is InChI=1S/C29H32N2O7/c1-4-6-17-36-24-12-14-25(15-13-24)37-20-28(32)31-30-19-21-7-16-26(27(18-21)35-5-2)38-29(33)22-8-10-23(34-3)11-9-22/h7-16,18-19H,4-6,17,20H2,1-3H3,(H,31,32). The fourth-order valence-electron chi connectivity index (χ4n) is 3.17.